The number of carbonyl (C=O) groups is 1. The first-order valence-electron chi connectivity index (χ1n) is 9.39. The van der Waals surface area contributed by atoms with Gasteiger partial charge in [0.15, 0.2) is 0 Å². The normalized spacial score (nSPS) is 14.1. The molecule has 4 nitrogen and oxygen atoms in total. The Morgan fingerprint density at radius 1 is 1.17 bits per heavy atom. The first-order valence-corrected chi connectivity index (χ1v) is 10.2. The van der Waals surface area contributed by atoms with Crippen molar-refractivity contribution in [2.45, 2.75) is 38.8 Å². The lowest BCUT2D eigenvalue weighted by atomic mass is 9.88. The number of halogens is 3. The smallest absolute Gasteiger partial charge is 0.433 e. The van der Waals surface area contributed by atoms with Crippen LogP contribution >= 0.6 is 11.3 Å². The zero-order valence-electron chi connectivity index (χ0n) is 15.7. The first kappa shape index (κ1) is 19.7. The molecule has 2 N–H and O–H groups in total. The van der Waals surface area contributed by atoms with Crippen LogP contribution in [-0.2, 0) is 19.0 Å². The highest BCUT2D eigenvalue weighted by Gasteiger charge is 2.38. The van der Waals surface area contributed by atoms with E-state index in [4.69, 9.17) is 10.5 Å². The molecule has 152 valence electrons. The molecule has 0 fully saturated rings. The Morgan fingerprint density at radius 2 is 1.83 bits per heavy atom. The molecule has 0 atom stereocenters. The lowest BCUT2D eigenvalue weighted by Crippen LogP contribution is -2.17. The van der Waals surface area contributed by atoms with Crippen molar-refractivity contribution in [1.82, 2.24) is 4.98 Å². The number of carbonyl (C=O) groups excluding carboxylic acids is 1. The van der Waals surface area contributed by atoms with Gasteiger partial charge in [-0.25, -0.2) is 4.98 Å². The number of hydrogen-bond donors (Lipinski definition) is 1. The van der Waals surface area contributed by atoms with E-state index in [1.807, 2.05) is 6.92 Å². The molecule has 0 radical (unpaired) electrons. The number of fused-ring (bicyclic) bond motifs is 3. The molecule has 29 heavy (non-hydrogen) atoms. The zero-order valence-corrected chi connectivity index (χ0v) is 16.5. The molecule has 0 amide bonds. The average Bonchev–Trinajstić information content (AvgIpc) is 3.04. The molecule has 0 saturated carbocycles. The number of nitrogen functional groups attached to an aromatic ring is 1. The third-order valence-electron chi connectivity index (χ3n) is 5.10. The van der Waals surface area contributed by atoms with E-state index in [1.54, 1.807) is 24.3 Å². The molecule has 0 spiro atoms. The Hall–Kier alpha value is -2.61. The monoisotopic (exact) mass is 420 g/mol. The highest BCUT2D eigenvalue weighted by Crippen LogP contribution is 2.44. The summed E-state index contributed by atoms with van der Waals surface area (Å²) in [7, 11) is 0. The largest absolute Gasteiger partial charge is 0.494 e. The Labute approximate surface area is 169 Å². The molecular formula is C21H19F3N2O2S. The molecule has 4 rings (SSSR count). The van der Waals surface area contributed by atoms with Crippen molar-refractivity contribution in [1.29, 1.82) is 0 Å². The van der Waals surface area contributed by atoms with Gasteiger partial charge in [-0.1, -0.05) is 0 Å². The standard InChI is InChI=1S/C21H19F3N2O2S/c1-2-28-12-9-7-11(8-10-12)17(27)18-16(25)15-13-5-3-4-6-14(13)19(21(22,23)24)26-20(15)29-18/h7-10H,2-6,25H2,1H3. The summed E-state index contributed by atoms with van der Waals surface area (Å²) in [6, 6.07) is 6.62. The van der Waals surface area contributed by atoms with Crippen molar-refractivity contribution in [3.63, 3.8) is 0 Å². The van der Waals surface area contributed by atoms with Crippen LogP contribution in [0.4, 0.5) is 18.9 Å². The third kappa shape index (κ3) is 3.46. The van der Waals surface area contributed by atoms with E-state index in [-0.39, 0.29) is 26.7 Å². The Morgan fingerprint density at radius 3 is 2.45 bits per heavy atom. The van der Waals surface area contributed by atoms with Crippen LogP contribution in [0.3, 0.4) is 0 Å². The Balaban J connectivity index is 1.84. The van der Waals surface area contributed by atoms with Crippen molar-refractivity contribution < 1.29 is 22.7 Å². The number of alkyl halides is 3. The highest BCUT2D eigenvalue weighted by atomic mass is 32.1. The van der Waals surface area contributed by atoms with Gasteiger partial charge in [0.1, 0.15) is 21.2 Å². The third-order valence-corrected chi connectivity index (χ3v) is 6.20. The number of rotatable bonds is 4. The van der Waals surface area contributed by atoms with Gasteiger partial charge in [-0.05, 0) is 68.0 Å². The fourth-order valence-corrected chi connectivity index (χ4v) is 4.90. The minimum Gasteiger partial charge on any atom is -0.494 e. The first-order chi connectivity index (χ1) is 13.8. The van der Waals surface area contributed by atoms with Crippen molar-refractivity contribution in [3.8, 4) is 5.75 Å². The van der Waals surface area contributed by atoms with Gasteiger partial charge in [0.25, 0.3) is 0 Å². The van der Waals surface area contributed by atoms with Crippen molar-refractivity contribution in [2.75, 3.05) is 12.3 Å². The number of thiophene rings is 1. The van der Waals surface area contributed by atoms with Gasteiger partial charge in [-0.15, -0.1) is 11.3 Å². The van der Waals surface area contributed by atoms with Crippen molar-refractivity contribution in [2.24, 2.45) is 0 Å². The predicted molar refractivity (Wildman–Crippen MR) is 107 cm³/mol. The predicted octanol–water partition coefficient (Wildman–Crippen LogP) is 5.41. The Bertz CT molecular complexity index is 1090. The van der Waals surface area contributed by atoms with E-state index in [9.17, 15) is 18.0 Å². The molecular weight excluding hydrogens is 401 g/mol. The van der Waals surface area contributed by atoms with Crippen LogP contribution < -0.4 is 10.5 Å². The maximum Gasteiger partial charge on any atom is 0.433 e. The van der Waals surface area contributed by atoms with Crippen LogP contribution in [0.15, 0.2) is 24.3 Å². The van der Waals surface area contributed by atoms with E-state index in [0.717, 1.165) is 17.8 Å². The van der Waals surface area contributed by atoms with Crippen LogP contribution in [0.5, 0.6) is 5.75 Å². The molecule has 1 aliphatic carbocycles. The molecule has 1 aliphatic rings. The quantitative estimate of drug-likeness (QED) is 0.574. The van der Waals surface area contributed by atoms with Gasteiger partial charge in [0.2, 0.25) is 5.78 Å². The second kappa shape index (κ2) is 7.33. The maximum absolute atomic E-state index is 13.6. The van der Waals surface area contributed by atoms with Crippen LogP contribution in [0.1, 0.15) is 51.8 Å². The molecule has 0 saturated heterocycles. The summed E-state index contributed by atoms with van der Waals surface area (Å²) in [6.45, 7) is 2.37. The van der Waals surface area contributed by atoms with Crippen LogP contribution in [0.25, 0.3) is 10.2 Å². The maximum atomic E-state index is 13.6. The summed E-state index contributed by atoms with van der Waals surface area (Å²) in [4.78, 5) is 17.3. The van der Waals surface area contributed by atoms with E-state index in [1.165, 1.54) is 0 Å². The molecule has 1 aromatic carbocycles. The number of benzene rings is 1. The summed E-state index contributed by atoms with van der Waals surface area (Å²) < 4.78 is 46.1. The molecule has 0 bridgehead atoms. The lowest BCUT2D eigenvalue weighted by Gasteiger charge is -2.21. The molecule has 2 aromatic heterocycles. The van der Waals surface area contributed by atoms with Crippen LogP contribution in [0, 0.1) is 0 Å². The Kier molecular flexibility index (Phi) is 4.98. The number of anilines is 1. The second-order valence-corrected chi connectivity index (χ2v) is 7.93. The topological polar surface area (TPSA) is 65.2 Å². The SMILES string of the molecule is CCOc1ccc(C(=O)c2sc3nc(C(F)(F)F)c4c(c3c2N)CCCC4)cc1. The van der Waals surface area contributed by atoms with E-state index < -0.39 is 11.9 Å². The number of ether oxygens (including phenoxy) is 1. The van der Waals surface area contributed by atoms with Gasteiger partial charge in [0.05, 0.1) is 12.3 Å². The van der Waals surface area contributed by atoms with E-state index >= 15 is 0 Å². The van der Waals surface area contributed by atoms with Gasteiger partial charge >= 0.3 is 6.18 Å². The number of hydrogen-bond acceptors (Lipinski definition) is 5. The molecule has 0 unspecified atom stereocenters. The van der Waals surface area contributed by atoms with E-state index in [2.05, 4.69) is 4.98 Å². The van der Waals surface area contributed by atoms with Crippen LogP contribution in [-0.4, -0.2) is 17.4 Å². The highest BCUT2D eigenvalue weighted by molar-refractivity contribution is 7.21. The number of aryl methyl sites for hydroxylation is 1. The number of nitrogens with zero attached hydrogens (tertiary/aromatic N) is 1. The number of aromatic nitrogens is 1. The summed E-state index contributed by atoms with van der Waals surface area (Å²) >= 11 is 0.927. The molecule has 3 aromatic rings. The number of ketones is 1. The fourth-order valence-electron chi connectivity index (χ4n) is 3.82. The molecule has 2 heterocycles. The van der Waals surface area contributed by atoms with Gasteiger partial charge in [0, 0.05) is 10.9 Å². The number of pyridine rings is 1. The average molecular weight is 420 g/mol. The van der Waals surface area contributed by atoms with Gasteiger partial charge < -0.3 is 10.5 Å². The van der Waals surface area contributed by atoms with Gasteiger partial charge in [-0.3, -0.25) is 4.79 Å². The number of nitrogens with two attached hydrogens (primary N) is 1. The molecule has 8 heteroatoms. The lowest BCUT2D eigenvalue weighted by molar-refractivity contribution is -0.141. The van der Waals surface area contributed by atoms with Crippen molar-refractivity contribution in [3.05, 3.63) is 51.5 Å². The minimum atomic E-state index is -4.53. The minimum absolute atomic E-state index is 0.171. The van der Waals surface area contributed by atoms with Gasteiger partial charge in [-0.2, -0.15) is 13.2 Å². The van der Waals surface area contributed by atoms with E-state index in [0.29, 0.717) is 48.1 Å². The summed E-state index contributed by atoms with van der Waals surface area (Å²) in [5.41, 5.74) is 6.87. The van der Waals surface area contributed by atoms with Crippen molar-refractivity contribution >= 4 is 33.0 Å². The fraction of sp³-hybridized carbons (Fsp3) is 0.333. The van der Waals surface area contributed by atoms with Crippen LogP contribution in [0.2, 0.25) is 0 Å². The molecule has 0 aliphatic heterocycles. The summed E-state index contributed by atoms with van der Waals surface area (Å²) in [5.74, 6) is 0.311. The second-order valence-electron chi connectivity index (χ2n) is 6.93. The summed E-state index contributed by atoms with van der Waals surface area (Å²) in [6.07, 6.45) is -2.22. The zero-order chi connectivity index (χ0) is 20.8. The summed E-state index contributed by atoms with van der Waals surface area (Å²) in [5, 5.41) is 0.506.